The molecule has 0 aromatic heterocycles. The summed E-state index contributed by atoms with van der Waals surface area (Å²) >= 11 is 1.76. The van der Waals surface area contributed by atoms with E-state index in [1.807, 2.05) is 0 Å². The molecule has 172 valence electrons. The molecule has 0 spiro atoms. The SMILES string of the molecule is CCCC[C@H](CCCO[Si](c1ccccc1)(c1ccccc1)C(C)(C)C)COCSC. The first-order valence-electron chi connectivity index (χ1n) is 11.8. The molecule has 0 bridgehead atoms. The molecule has 2 aromatic carbocycles. The second kappa shape index (κ2) is 13.5. The average molecular weight is 459 g/mol. The normalized spacial score (nSPS) is 13.3. The Balaban J connectivity index is 2.17. The molecule has 0 N–H and O–H groups in total. The smallest absolute Gasteiger partial charge is 0.261 e. The zero-order chi connectivity index (χ0) is 22.6. The lowest BCUT2D eigenvalue weighted by Gasteiger charge is -2.43. The van der Waals surface area contributed by atoms with Crippen LogP contribution in [0.15, 0.2) is 60.7 Å². The zero-order valence-electron chi connectivity index (χ0n) is 20.2. The van der Waals surface area contributed by atoms with Crippen LogP contribution < -0.4 is 10.4 Å². The van der Waals surface area contributed by atoms with E-state index < -0.39 is 8.32 Å². The summed E-state index contributed by atoms with van der Waals surface area (Å²) in [6.07, 6.45) is 8.14. The summed E-state index contributed by atoms with van der Waals surface area (Å²) in [5.74, 6) is 1.43. The quantitative estimate of drug-likeness (QED) is 0.183. The van der Waals surface area contributed by atoms with Gasteiger partial charge in [-0.3, -0.25) is 0 Å². The first-order chi connectivity index (χ1) is 15.0. The maximum Gasteiger partial charge on any atom is 0.261 e. The Kier molecular flexibility index (Phi) is 11.4. The van der Waals surface area contributed by atoms with Gasteiger partial charge in [-0.1, -0.05) is 101 Å². The molecule has 0 saturated carbocycles. The molecule has 2 nitrogen and oxygen atoms in total. The average Bonchev–Trinajstić information content (AvgIpc) is 2.77. The molecule has 2 rings (SSSR count). The van der Waals surface area contributed by atoms with Gasteiger partial charge < -0.3 is 9.16 Å². The van der Waals surface area contributed by atoms with Crippen LogP contribution in [0.2, 0.25) is 5.04 Å². The summed E-state index contributed by atoms with van der Waals surface area (Å²) < 4.78 is 12.9. The Morgan fingerprint density at radius 2 is 1.42 bits per heavy atom. The van der Waals surface area contributed by atoms with Crippen LogP contribution in [0.1, 0.15) is 59.8 Å². The Morgan fingerprint density at radius 1 is 0.871 bits per heavy atom. The van der Waals surface area contributed by atoms with E-state index in [-0.39, 0.29) is 5.04 Å². The number of ether oxygens (including phenoxy) is 1. The maximum absolute atomic E-state index is 7.04. The molecule has 2 aromatic rings. The second-order valence-corrected chi connectivity index (χ2v) is 14.6. The molecule has 0 aliphatic rings. The van der Waals surface area contributed by atoms with Gasteiger partial charge in [0.05, 0.1) is 12.5 Å². The summed E-state index contributed by atoms with van der Waals surface area (Å²) in [6.45, 7) is 11.0. The van der Waals surface area contributed by atoms with Crippen LogP contribution in [0.5, 0.6) is 0 Å². The minimum atomic E-state index is -2.41. The highest BCUT2D eigenvalue weighted by Gasteiger charge is 2.49. The lowest BCUT2D eigenvalue weighted by Crippen LogP contribution is -2.66. The van der Waals surface area contributed by atoms with Gasteiger partial charge in [-0.15, -0.1) is 11.8 Å². The van der Waals surface area contributed by atoms with Crippen molar-refractivity contribution in [3.63, 3.8) is 0 Å². The van der Waals surface area contributed by atoms with E-state index in [9.17, 15) is 0 Å². The van der Waals surface area contributed by atoms with Crippen LogP contribution in [-0.4, -0.2) is 33.7 Å². The summed E-state index contributed by atoms with van der Waals surface area (Å²) in [5.41, 5.74) is 0. The van der Waals surface area contributed by atoms with Crippen molar-refractivity contribution in [2.45, 2.75) is 64.8 Å². The van der Waals surface area contributed by atoms with E-state index >= 15 is 0 Å². The van der Waals surface area contributed by atoms with E-state index in [2.05, 4.69) is 94.6 Å². The fraction of sp³-hybridized carbons (Fsp3) is 0.556. The number of unbranched alkanes of at least 4 members (excludes halogenated alkanes) is 1. The number of rotatable bonds is 14. The fourth-order valence-electron chi connectivity index (χ4n) is 4.46. The Hall–Kier alpha value is -1.07. The molecule has 4 heteroatoms. The summed E-state index contributed by atoms with van der Waals surface area (Å²) in [7, 11) is -2.41. The van der Waals surface area contributed by atoms with Crippen LogP contribution in [-0.2, 0) is 9.16 Å². The molecule has 31 heavy (non-hydrogen) atoms. The van der Waals surface area contributed by atoms with Crippen LogP contribution >= 0.6 is 11.8 Å². The predicted molar refractivity (Wildman–Crippen MR) is 140 cm³/mol. The fourth-order valence-corrected chi connectivity index (χ4v) is 9.33. The van der Waals surface area contributed by atoms with E-state index in [0.29, 0.717) is 5.92 Å². The molecule has 0 amide bonds. The van der Waals surface area contributed by atoms with Gasteiger partial charge in [0, 0.05) is 6.61 Å². The van der Waals surface area contributed by atoms with Crippen LogP contribution in [0.3, 0.4) is 0 Å². The standard InChI is InChI=1S/C27H42O2SSi/c1-6-7-15-24(22-28-23-30-5)16-14-21-29-31(27(2,3)4,25-17-10-8-11-18-25)26-19-12-9-13-20-26/h8-13,17-20,24H,6-7,14-16,21-23H2,1-5H3/t24-/m1/s1. The zero-order valence-corrected chi connectivity index (χ0v) is 22.0. The van der Waals surface area contributed by atoms with Gasteiger partial charge in [-0.25, -0.2) is 0 Å². The predicted octanol–water partition coefficient (Wildman–Crippen LogP) is 6.49. The highest BCUT2D eigenvalue weighted by atomic mass is 32.2. The Bertz CT molecular complexity index is 676. The van der Waals surface area contributed by atoms with Gasteiger partial charge in [-0.05, 0) is 46.8 Å². The first-order valence-corrected chi connectivity index (χ1v) is 15.1. The first kappa shape index (κ1) is 26.2. The van der Waals surface area contributed by atoms with Crippen molar-refractivity contribution in [1.82, 2.24) is 0 Å². The maximum atomic E-state index is 7.04. The van der Waals surface area contributed by atoms with Crippen LogP contribution in [0, 0.1) is 5.92 Å². The van der Waals surface area contributed by atoms with Crippen molar-refractivity contribution in [2.24, 2.45) is 5.92 Å². The van der Waals surface area contributed by atoms with Crippen LogP contribution in [0.25, 0.3) is 0 Å². The molecule has 0 fully saturated rings. The third kappa shape index (κ3) is 7.49. The largest absolute Gasteiger partial charge is 0.407 e. The van der Waals surface area contributed by atoms with Gasteiger partial charge >= 0.3 is 0 Å². The molecular formula is C27H42O2SSi. The number of thioether (sulfide) groups is 1. The Morgan fingerprint density at radius 3 is 1.90 bits per heavy atom. The molecule has 0 unspecified atom stereocenters. The van der Waals surface area contributed by atoms with E-state index in [4.69, 9.17) is 9.16 Å². The minimum Gasteiger partial charge on any atom is -0.407 e. The second-order valence-electron chi connectivity index (χ2n) is 9.44. The number of benzene rings is 2. The molecular weight excluding hydrogens is 416 g/mol. The molecule has 0 radical (unpaired) electrons. The van der Waals surface area contributed by atoms with Crippen molar-refractivity contribution in [3.05, 3.63) is 60.7 Å². The number of hydrogen-bond acceptors (Lipinski definition) is 3. The van der Waals surface area contributed by atoms with Crippen molar-refractivity contribution >= 4 is 30.5 Å². The summed E-state index contributed by atoms with van der Waals surface area (Å²) in [4.78, 5) is 0. The monoisotopic (exact) mass is 458 g/mol. The molecule has 0 heterocycles. The van der Waals surface area contributed by atoms with Gasteiger partial charge in [0.15, 0.2) is 0 Å². The lowest BCUT2D eigenvalue weighted by atomic mass is 9.98. The minimum absolute atomic E-state index is 0.0405. The lowest BCUT2D eigenvalue weighted by molar-refractivity contribution is 0.125. The van der Waals surface area contributed by atoms with Crippen LogP contribution in [0.4, 0.5) is 0 Å². The molecule has 1 atom stereocenters. The van der Waals surface area contributed by atoms with Gasteiger partial charge in [0.25, 0.3) is 8.32 Å². The number of hydrogen-bond donors (Lipinski definition) is 0. The third-order valence-electron chi connectivity index (χ3n) is 6.01. The van der Waals surface area contributed by atoms with Gasteiger partial charge in [0.1, 0.15) is 0 Å². The van der Waals surface area contributed by atoms with Gasteiger partial charge in [-0.2, -0.15) is 0 Å². The highest BCUT2D eigenvalue weighted by molar-refractivity contribution is 7.98. The Labute approximate surface area is 196 Å². The third-order valence-corrected chi connectivity index (χ3v) is 11.5. The highest BCUT2D eigenvalue weighted by Crippen LogP contribution is 2.37. The van der Waals surface area contributed by atoms with Crippen molar-refractivity contribution in [1.29, 1.82) is 0 Å². The summed E-state index contributed by atoms with van der Waals surface area (Å²) in [6, 6.07) is 21.9. The van der Waals surface area contributed by atoms with E-state index in [1.54, 1.807) is 11.8 Å². The topological polar surface area (TPSA) is 18.5 Å². The van der Waals surface area contributed by atoms with Crippen molar-refractivity contribution < 1.29 is 9.16 Å². The van der Waals surface area contributed by atoms with E-state index in [1.165, 1.54) is 36.1 Å². The molecule has 0 aliphatic heterocycles. The summed E-state index contributed by atoms with van der Waals surface area (Å²) in [5, 5.41) is 2.76. The van der Waals surface area contributed by atoms with Crippen molar-refractivity contribution in [3.8, 4) is 0 Å². The molecule has 0 aliphatic carbocycles. The van der Waals surface area contributed by atoms with Crippen molar-refractivity contribution in [2.75, 3.05) is 25.4 Å². The van der Waals surface area contributed by atoms with E-state index in [0.717, 1.165) is 25.6 Å². The molecule has 0 saturated heterocycles. The van der Waals surface area contributed by atoms with Gasteiger partial charge in [0.2, 0.25) is 0 Å².